The zero-order chi connectivity index (χ0) is 21.8. The molecule has 2 aromatic carbocycles. The molecule has 160 valence electrons. The second-order valence-corrected chi connectivity index (χ2v) is 8.44. The minimum atomic E-state index is -0.0352. The van der Waals surface area contributed by atoms with Crippen LogP contribution < -0.4 is 5.32 Å². The maximum absolute atomic E-state index is 13.4. The van der Waals surface area contributed by atoms with Gasteiger partial charge in [0.1, 0.15) is 0 Å². The fourth-order valence-electron chi connectivity index (χ4n) is 3.19. The largest absolute Gasteiger partial charge is 0.396 e. The normalized spacial score (nSPS) is 13.2. The van der Waals surface area contributed by atoms with Gasteiger partial charge in [0.2, 0.25) is 0 Å². The molecule has 0 saturated heterocycles. The monoisotopic (exact) mass is 423 g/mol. The molecule has 2 rings (SSSR count). The van der Waals surface area contributed by atoms with E-state index in [1.807, 2.05) is 67.6 Å². The van der Waals surface area contributed by atoms with Crippen LogP contribution in [0.3, 0.4) is 0 Å². The van der Waals surface area contributed by atoms with Crippen LogP contribution in [0.4, 0.5) is 5.69 Å². The number of Topliss-reactive ketones (excluding diaryl/α,β-unsaturated/α-hetero) is 1. The van der Waals surface area contributed by atoms with Crippen LogP contribution in [-0.2, 0) is 6.42 Å². The summed E-state index contributed by atoms with van der Waals surface area (Å²) in [4.78, 5) is 14.2. The summed E-state index contributed by atoms with van der Waals surface area (Å²) in [6.45, 7) is 6.38. The number of para-hydroxylation sites is 1. The van der Waals surface area contributed by atoms with Crippen molar-refractivity contribution in [1.82, 2.24) is 0 Å². The first-order valence-electron chi connectivity index (χ1n) is 10.6. The van der Waals surface area contributed by atoms with E-state index in [0.29, 0.717) is 5.56 Å². The van der Waals surface area contributed by atoms with Crippen LogP contribution in [0.5, 0.6) is 0 Å². The maximum atomic E-state index is 13.4. The molecule has 30 heavy (non-hydrogen) atoms. The molecule has 0 aliphatic heterocycles. The summed E-state index contributed by atoms with van der Waals surface area (Å²) >= 11 is 1.58. The van der Waals surface area contributed by atoms with Gasteiger partial charge in [-0.05, 0) is 50.8 Å². The van der Waals surface area contributed by atoms with Crippen molar-refractivity contribution in [2.24, 2.45) is 0 Å². The number of allylic oxidation sites excluding steroid dienone is 3. The standard InChI is InChI=1S/C26H33NO2S/c1-4-10-20(3)26(25(29)22-17-15-21(16-18-22)12-9-19-28)30-24(11-5-2)27-23-13-7-6-8-14-23/h5-8,11,13-18,24,27-28H,4,9-10,12,19H2,1-3H3/b11-5+,26-20+. The van der Waals surface area contributed by atoms with E-state index >= 15 is 0 Å². The average Bonchev–Trinajstić information content (AvgIpc) is 2.77. The lowest BCUT2D eigenvalue weighted by Crippen LogP contribution is -2.16. The molecule has 0 fully saturated rings. The minimum Gasteiger partial charge on any atom is -0.396 e. The Labute approximate surface area is 185 Å². The first-order chi connectivity index (χ1) is 14.6. The quantitative estimate of drug-likeness (QED) is 0.174. The Bertz CT molecular complexity index is 841. The van der Waals surface area contributed by atoms with Crippen LogP contribution >= 0.6 is 11.8 Å². The smallest absolute Gasteiger partial charge is 0.199 e. The lowest BCUT2D eigenvalue weighted by Gasteiger charge is -2.19. The number of ketones is 1. The Morgan fingerprint density at radius 2 is 1.83 bits per heavy atom. The molecule has 2 aromatic rings. The summed E-state index contributed by atoms with van der Waals surface area (Å²) in [7, 11) is 0. The van der Waals surface area contributed by atoms with Gasteiger partial charge < -0.3 is 10.4 Å². The number of hydrogen-bond donors (Lipinski definition) is 2. The van der Waals surface area contributed by atoms with E-state index in [2.05, 4.69) is 25.2 Å². The van der Waals surface area contributed by atoms with Gasteiger partial charge in [-0.3, -0.25) is 4.79 Å². The van der Waals surface area contributed by atoms with Crippen LogP contribution in [0.2, 0.25) is 0 Å². The van der Waals surface area contributed by atoms with Gasteiger partial charge in [0, 0.05) is 17.9 Å². The van der Waals surface area contributed by atoms with Crippen molar-refractivity contribution in [2.75, 3.05) is 11.9 Å². The molecule has 0 radical (unpaired) electrons. The molecule has 0 amide bonds. The molecule has 0 bridgehead atoms. The van der Waals surface area contributed by atoms with E-state index in [-0.39, 0.29) is 17.8 Å². The molecule has 3 nitrogen and oxygen atoms in total. The number of benzene rings is 2. The summed E-state index contributed by atoms with van der Waals surface area (Å²) in [6, 6.07) is 17.9. The van der Waals surface area contributed by atoms with E-state index in [9.17, 15) is 4.79 Å². The number of aliphatic hydroxyl groups is 1. The SMILES string of the molecule is C/C=C/C(Nc1ccccc1)S/C(C(=O)c1ccc(CCCO)cc1)=C(\C)CCC. The van der Waals surface area contributed by atoms with Gasteiger partial charge in [-0.25, -0.2) is 0 Å². The molecule has 0 aliphatic carbocycles. The van der Waals surface area contributed by atoms with Crippen molar-refractivity contribution in [3.63, 3.8) is 0 Å². The average molecular weight is 424 g/mol. The molecule has 4 heteroatoms. The highest BCUT2D eigenvalue weighted by Gasteiger charge is 2.20. The fourth-order valence-corrected chi connectivity index (χ4v) is 4.40. The fraction of sp³-hybridized carbons (Fsp3) is 0.346. The lowest BCUT2D eigenvalue weighted by atomic mass is 10.0. The number of nitrogens with one attached hydrogen (secondary N) is 1. The molecule has 0 heterocycles. The summed E-state index contributed by atoms with van der Waals surface area (Å²) in [5, 5.41) is 12.5. The molecule has 0 aliphatic rings. The van der Waals surface area contributed by atoms with Crippen molar-refractivity contribution in [3.05, 3.63) is 88.4 Å². The number of carbonyl (C=O) groups excluding carboxylic acids is 1. The summed E-state index contributed by atoms with van der Waals surface area (Å²) in [5.74, 6) is 0.0732. The Hall–Kier alpha value is -2.30. The molecular weight excluding hydrogens is 390 g/mol. The van der Waals surface area contributed by atoms with Crippen molar-refractivity contribution in [2.45, 2.75) is 51.8 Å². The van der Waals surface area contributed by atoms with Crippen LogP contribution in [0.1, 0.15) is 56.0 Å². The molecule has 0 saturated carbocycles. The van der Waals surface area contributed by atoms with Crippen LogP contribution in [-0.4, -0.2) is 22.9 Å². The van der Waals surface area contributed by atoms with E-state index in [4.69, 9.17) is 5.11 Å². The highest BCUT2D eigenvalue weighted by atomic mass is 32.2. The second kappa shape index (κ2) is 13.1. The summed E-state index contributed by atoms with van der Waals surface area (Å²) in [5.41, 5.74) is 4.00. The van der Waals surface area contributed by atoms with Crippen molar-refractivity contribution in [1.29, 1.82) is 0 Å². The predicted octanol–water partition coefficient (Wildman–Crippen LogP) is 6.62. The minimum absolute atomic E-state index is 0.0352. The first kappa shape index (κ1) is 24.0. The molecule has 2 N–H and O–H groups in total. The van der Waals surface area contributed by atoms with Crippen LogP contribution in [0.15, 0.2) is 77.2 Å². The Morgan fingerprint density at radius 3 is 2.43 bits per heavy atom. The van der Waals surface area contributed by atoms with Gasteiger partial charge in [0.25, 0.3) is 0 Å². The number of aryl methyl sites for hydroxylation is 1. The van der Waals surface area contributed by atoms with Gasteiger partial charge in [0.05, 0.1) is 10.3 Å². The zero-order valence-corrected chi connectivity index (χ0v) is 19.0. The number of hydrogen-bond acceptors (Lipinski definition) is 4. The van der Waals surface area contributed by atoms with Crippen molar-refractivity contribution >= 4 is 23.2 Å². The third-order valence-electron chi connectivity index (χ3n) is 4.75. The number of aliphatic hydroxyl groups excluding tert-OH is 1. The van der Waals surface area contributed by atoms with Gasteiger partial charge in [0.15, 0.2) is 5.78 Å². The van der Waals surface area contributed by atoms with Gasteiger partial charge in [-0.1, -0.05) is 85.3 Å². The van der Waals surface area contributed by atoms with E-state index in [0.717, 1.165) is 47.4 Å². The number of carbonyl (C=O) groups is 1. The lowest BCUT2D eigenvalue weighted by molar-refractivity contribution is 0.104. The third kappa shape index (κ3) is 7.51. The highest BCUT2D eigenvalue weighted by Crippen LogP contribution is 2.32. The third-order valence-corrected chi connectivity index (χ3v) is 6.05. The van der Waals surface area contributed by atoms with Crippen LogP contribution in [0.25, 0.3) is 0 Å². The summed E-state index contributed by atoms with van der Waals surface area (Å²) in [6.07, 6.45) is 7.56. The first-order valence-corrected chi connectivity index (χ1v) is 11.5. The Morgan fingerprint density at radius 1 is 1.13 bits per heavy atom. The van der Waals surface area contributed by atoms with Gasteiger partial charge in [-0.15, -0.1) is 0 Å². The topological polar surface area (TPSA) is 49.3 Å². The Balaban J connectivity index is 2.25. The molecule has 1 atom stereocenters. The van der Waals surface area contributed by atoms with Gasteiger partial charge in [-0.2, -0.15) is 0 Å². The van der Waals surface area contributed by atoms with E-state index in [1.54, 1.807) is 11.8 Å². The molecule has 0 spiro atoms. The molecule has 1 unspecified atom stereocenters. The number of rotatable bonds is 12. The van der Waals surface area contributed by atoms with Crippen molar-refractivity contribution in [3.8, 4) is 0 Å². The van der Waals surface area contributed by atoms with E-state index in [1.165, 1.54) is 0 Å². The molecule has 0 aromatic heterocycles. The van der Waals surface area contributed by atoms with Crippen LogP contribution in [0, 0.1) is 0 Å². The van der Waals surface area contributed by atoms with Gasteiger partial charge >= 0.3 is 0 Å². The summed E-state index contributed by atoms with van der Waals surface area (Å²) < 4.78 is 0. The zero-order valence-electron chi connectivity index (χ0n) is 18.2. The predicted molar refractivity (Wildman–Crippen MR) is 130 cm³/mol. The maximum Gasteiger partial charge on any atom is 0.199 e. The second-order valence-electron chi connectivity index (χ2n) is 7.29. The molecular formula is C26H33NO2S. The van der Waals surface area contributed by atoms with E-state index < -0.39 is 0 Å². The Kier molecular flexibility index (Phi) is 10.5. The number of thioether (sulfide) groups is 1. The number of anilines is 1. The highest BCUT2D eigenvalue weighted by molar-refractivity contribution is 8.04. The van der Waals surface area contributed by atoms with Crippen molar-refractivity contribution < 1.29 is 9.90 Å².